The molecule has 0 spiro atoms. The van der Waals surface area contributed by atoms with Gasteiger partial charge in [0.1, 0.15) is 11.5 Å². The van der Waals surface area contributed by atoms with Crippen LogP contribution in [-0.4, -0.2) is 0 Å². The Labute approximate surface area is 228 Å². The van der Waals surface area contributed by atoms with Gasteiger partial charge in [0, 0.05) is 20.9 Å². The maximum Gasteiger partial charge on any atom is 0.135 e. The molecule has 4 aromatic carbocycles. The zero-order chi connectivity index (χ0) is 25.6. The average molecular weight is 507 g/mol. The van der Waals surface area contributed by atoms with Crippen LogP contribution in [-0.2, 0) is 4.74 Å². The maximum absolute atomic E-state index is 6.32. The number of hydrogen-bond acceptors (Lipinski definition) is 2. The van der Waals surface area contributed by atoms with Crippen molar-refractivity contribution in [3.05, 3.63) is 186 Å². The third-order valence-corrected chi connectivity index (χ3v) is 7.52. The first-order chi connectivity index (χ1) is 18.8. The van der Waals surface area contributed by atoms with Crippen molar-refractivity contribution in [2.45, 2.75) is 4.90 Å². The van der Waals surface area contributed by atoms with Crippen LogP contribution in [0.3, 0.4) is 0 Å². The Bertz CT molecular complexity index is 1560. The first kappa shape index (κ1) is 23.8. The van der Waals surface area contributed by atoms with Gasteiger partial charge in [0.25, 0.3) is 0 Å². The lowest BCUT2D eigenvalue weighted by atomic mass is 10.0. The zero-order valence-electron chi connectivity index (χ0n) is 20.8. The minimum atomic E-state index is 0.846. The van der Waals surface area contributed by atoms with Gasteiger partial charge in [-0.05, 0) is 46.6 Å². The van der Waals surface area contributed by atoms with E-state index >= 15 is 0 Å². The van der Waals surface area contributed by atoms with E-state index in [4.69, 9.17) is 4.74 Å². The van der Waals surface area contributed by atoms with Gasteiger partial charge >= 0.3 is 0 Å². The van der Waals surface area contributed by atoms with E-state index in [0.29, 0.717) is 0 Å². The smallest absolute Gasteiger partial charge is 0.135 e. The Hall–Kier alpha value is -4.53. The van der Waals surface area contributed by atoms with Crippen molar-refractivity contribution < 1.29 is 4.74 Å². The van der Waals surface area contributed by atoms with E-state index in [9.17, 15) is 0 Å². The molecule has 4 aromatic rings. The van der Waals surface area contributed by atoms with E-state index < -0.39 is 0 Å². The molecule has 0 aliphatic carbocycles. The molecule has 0 bridgehead atoms. The van der Waals surface area contributed by atoms with Gasteiger partial charge in [0.05, 0.1) is 0 Å². The van der Waals surface area contributed by atoms with Gasteiger partial charge in [-0.25, -0.2) is 0 Å². The topological polar surface area (TPSA) is 9.23 Å². The van der Waals surface area contributed by atoms with Crippen LogP contribution in [0.2, 0.25) is 0 Å². The molecule has 2 aliphatic rings. The van der Waals surface area contributed by atoms with E-state index in [1.54, 1.807) is 0 Å². The molecule has 0 fully saturated rings. The molecule has 0 radical (unpaired) electrons. The Morgan fingerprint density at radius 3 is 1.66 bits per heavy atom. The third-order valence-electron chi connectivity index (χ3n) is 6.37. The van der Waals surface area contributed by atoms with E-state index in [2.05, 4.69) is 121 Å². The lowest BCUT2D eigenvalue weighted by Crippen LogP contribution is -1.99. The van der Waals surface area contributed by atoms with Gasteiger partial charge in [0.2, 0.25) is 0 Å². The van der Waals surface area contributed by atoms with Crippen LogP contribution in [0, 0.1) is 0 Å². The molecule has 0 atom stereocenters. The molecule has 2 aliphatic heterocycles. The summed E-state index contributed by atoms with van der Waals surface area (Å²) in [5.74, 6) is 1.69. The van der Waals surface area contributed by atoms with Crippen LogP contribution >= 0.6 is 11.8 Å². The first-order valence-corrected chi connectivity index (χ1v) is 13.5. The van der Waals surface area contributed by atoms with Crippen molar-refractivity contribution in [3.63, 3.8) is 0 Å². The zero-order valence-corrected chi connectivity index (χ0v) is 21.6. The van der Waals surface area contributed by atoms with E-state index in [0.717, 1.165) is 28.2 Å². The molecule has 2 heterocycles. The second-order valence-corrected chi connectivity index (χ2v) is 10.1. The molecule has 0 N–H and O–H groups in total. The number of ether oxygens (including phenoxy) is 1. The summed E-state index contributed by atoms with van der Waals surface area (Å²) in [6.45, 7) is 0. The van der Waals surface area contributed by atoms with Gasteiger partial charge in [-0.2, -0.15) is 0 Å². The molecule has 0 saturated carbocycles. The van der Waals surface area contributed by atoms with Crippen molar-refractivity contribution in [1.82, 2.24) is 0 Å². The fraction of sp³-hybridized carbons (Fsp3) is 0. The normalized spacial score (nSPS) is 15.8. The van der Waals surface area contributed by atoms with Crippen molar-refractivity contribution >= 4 is 33.8 Å². The number of rotatable bonds is 5. The van der Waals surface area contributed by atoms with Crippen molar-refractivity contribution in [1.29, 1.82) is 0 Å². The van der Waals surface area contributed by atoms with E-state index in [-0.39, 0.29) is 0 Å². The average Bonchev–Trinajstić information content (AvgIpc) is 3.00. The van der Waals surface area contributed by atoms with Crippen molar-refractivity contribution in [3.8, 4) is 0 Å². The third kappa shape index (κ3) is 5.41. The van der Waals surface area contributed by atoms with E-state index in [1.807, 2.05) is 48.2 Å². The highest BCUT2D eigenvalue weighted by Crippen LogP contribution is 2.44. The molecule has 0 saturated heterocycles. The second kappa shape index (κ2) is 11.2. The fourth-order valence-corrected chi connectivity index (χ4v) is 5.60. The number of allylic oxidation sites excluding steroid dienone is 9. The molecular formula is C36H26OS. The maximum atomic E-state index is 6.32. The molecule has 38 heavy (non-hydrogen) atoms. The summed E-state index contributed by atoms with van der Waals surface area (Å²) >= 11 is 1.83. The largest absolute Gasteiger partial charge is 0.456 e. The Morgan fingerprint density at radius 1 is 0.500 bits per heavy atom. The second-order valence-electron chi connectivity index (χ2n) is 9.00. The molecule has 6 rings (SSSR count). The number of hydrogen-bond donors (Lipinski definition) is 0. The summed E-state index contributed by atoms with van der Waals surface area (Å²) in [4.78, 5) is 2.54. The number of fused-ring (bicyclic) bond motifs is 1. The predicted octanol–water partition coefficient (Wildman–Crippen LogP) is 9.81. The van der Waals surface area contributed by atoms with Crippen LogP contribution in [0.25, 0.3) is 22.0 Å². The van der Waals surface area contributed by atoms with Crippen molar-refractivity contribution in [2.75, 3.05) is 0 Å². The lowest BCUT2D eigenvalue weighted by Gasteiger charge is -2.19. The highest BCUT2D eigenvalue weighted by atomic mass is 32.2. The Morgan fingerprint density at radius 2 is 1.03 bits per heavy atom. The molecule has 2 heteroatoms. The van der Waals surface area contributed by atoms with Gasteiger partial charge in [0.15, 0.2) is 0 Å². The van der Waals surface area contributed by atoms with Gasteiger partial charge in [-0.1, -0.05) is 145 Å². The lowest BCUT2D eigenvalue weighted by molar-refractivity contribution is 0.467. The Balaban J connectivity index is 1.33. The van der Waals surface area contributed by atoms with Crippen LogP contribution in [0.1, 0.15) is 22.3 Å². The monoisotopic (exact) mass is 506 g/mol. The summed E-state index contributed by atoms with van der Waals surface area (Å²) in [7, 11) is 0. The molecule has 0 unspecified atom stereocenters. The summed E-state index contributed by atoms with van der Waals surface area (Å²) in [5, 5.41) is 0. The van der Waals surface area contributed by atoms with Gasteiger partial charge in [-0.3, -0.25) is 0 Å². The summed E-state index contributed by atoms with van der Waals surface area (Å²) in [6.07, 6.45) is 15.0. The van der Waals surface area contributed by atoms with Gasteiger partial charge < -0.3 is 4.74 Å². The highest BCUT2D eigenvalue weighted by Gasteiger charge is 2.16. The van der Waals surface area contributed by atoms with Crippen molar-refractivity contribution in [2.24, 2.45) is 0 Å². The number of benzene rings is 4. The first-order valence-electron chi connectivity index (χ1n) is 12.7. The molecular weight excluding hydrogens is 480 g/mol. The van der Waals surface area contributed by atoms with Crippen LogP contribution < -0.4 is 0 Å². The van der Waals surface area contributed by atoms with E-state index in [1.165, 1.54) is 26.5 Å². The summed E-state index contributed by atoms with van der Waals surface area (Å²) in [6, 6.07) is 39.7. The molecule has 1 nitrogen and oxygen atoms in total. The standard InChI is InChI=1S/C36H26OS/c1-4-15-28(16-5-1)33-24-27(25-34(37-33)29-17-6-2-7-18-29)14-10-11-21-31-26-36(30-19-8-3-9-20-30)38-35-23-13-12-22-32(31)35/h1-26H/b11-10+,31-21-. The number of thioether (sulfide) groups is 1. The predicted molar refractivity (Wildman–Crippen MR) is 162 cm³/mol. The summed E-state index contributed by atoms with van der Waals surface area (Å²) in [5.41, 5.74) is 6.91. The Kier molecular flexibility index (Phi) is 7.06. The van der Waals surface area contributed by atoms with Crippen LogP contribution in [0.15, 0.2) is 168 Å². The minimum Gasteiger partial charge on any atom is -0.456 e. The molecule has 182 valence electrons. The molecule has 0 amide bonds. The van der Waals surface area contributed by atoms with Crippen LogP contribution in [0.4, 0.5) is 0 Å². The van der Waals surface area contributed by atoms with Gasteiger partial charge in [-0.15, -0.1) is 0 Å². The molecule has 0 aromatic heterocycles. The minimum absolute atomic E-state index is 0.846. The summed E-state index contributed by atoms with van der Waals surface area (Å²) < 4.78 is 6.32. The quantitative estimate of drug-likeness (QED) is 0.266. The van der Waals surface area contributed by atoms with Crippen LogP contribution in [0.5, 0.6) is 0 Å². The highest BCUT2D eigenvalue weighted by molar-refractivity contribution is 8.08. The SMILES string of the molecule is C(/C=C/C=C1/C=C(c2ccccc2)Sc2ccccc21)=C1C=C(c2ccccc2)OC(c2ccccc2)=C1. The fourth-order valence-electron chi connectivity index (χ4n) is 4.48.